The molecule has 2 amide bonds. The van der Waals surface area contributed by atoms with Crippen LogP contribution in [0.2, 0.25) is 0 Å². The van der Waals surface area contributed by atoms with Crippen molar-refractivity contribution in [2.75, 3.05) is 29.9 Å². The summed E-state index contributed by atoms with van der Waals surface area (Å²) in [5, 5.41) is 5.47. The van der Waals surface area contributed by atoms with Gasteiger partial charge in [-0.15, -0.1) is 0 Å². The lowest BCUT2D eigenvalue weighted by atomic mass is 9.99. The Morgan fingerprint density at radius 1 is 1.13 bits per heavy atom. The van der Waals surface area contributed by atoms with Crippen molar-refractivity contribution >= 4 is 23.2 Å². The van der Waals surface area contributed by atoms with Gasteiger partial charge in [-0.2, -0.15) is 0 Å². The van der Waals surface area contributed by atoms with Crippen molar-refractivity contribution in [2.24, 2.45) is 5.92 Å². The summed E-state index contributed by atoms with van der Waals surface area (Å²) in [5.74, 6) is 0.297. The van der Waals surface area contributed by atoms with Gasteiger partial charge in [-0.25, -0.2) is 0 Å². The van der Waals surface area contributed by atoms with Crippen LogP contribution in [-0.2, 0) is 9.59 Å². The zero-order chi connectivity index (χ0) is 16.7. The standard InChI is InChI=1S/C18H27N3O2/c1-3-10-19-17(22)13-18(23)20-15-4-6-16(7-5-15)21-11-8-14(2)9-12-21/h4-7,14H,3,8-13H2,1-2H3,(H,19,22)(H,20,23). The van der Waals surface area contributed by atoms with Gasteiger partial charge in [-0.1, -0.05) is 13.8 Å². The Morgan fingerprint density at radius 3 is 2.39 bits per heavy atom. The maximum Gasteiger partial charge on any atom is 0.233 e. The summed E-state index contributed by atoms with van der Waals surface area (Å²) in [6, 6.07) is 7.86. The van der Waals surface area contributed by atoms with E-state index in [0.29, 0.717) is 6.54 Å². The predicted molar refractivity (Wildman–Crippen MR) is 93.6 cm³/mol. The first-order valence-corrected chi connectivity index (χ1v) is 8.50. The highest BCUT2D eigenvalue weighted by Gasteiger charge is 2.16. The van der Waals surface area contributed by atoms with Gasteiger partial charge in [-0.05, 0) is 49.4 Å². The van der Waals surface area contributed by atoms with Crippen LogP contribution in [0.1, 0.15) is 39.5 Å². The first kappa shape index (κ1) is 17.3. The Morgan fingerprint density at radius 2 is 1.78 bits per heavy atom. The number of carbonyl (C=O) groups excluding carboxylic acids is 2. The summed E-state index contributed by atoms with van der Waals surface area (Å²) in [7, 11) is 0. The number of benzene rings is 1. The summed E-state index contributed by atoms with van der Waals surface area (Å²) < 4.78 is 0. The number of anilines is 2. The van der Waals surface area contributed by atoms with E-state index in [-0.39, 0.29) is 18.2 Å². The highest BCUT2D eigenvalue weighted by atomic mass is 16.2. The van der Waals surface area contributed by atoms with Crippen LogP contribution in [-0.4, -0.2) is 31.4 Å². The lowest BCUT2D eigenvalue weighted by Crippen LogP contribution is -2.32. The van der Waals surface area contributed by atoms with E-state index in [4.69, 9.17) is 0 Å². The third-order valence-corrected chi connectivity index (χ3v) is 4.19. The van der Waals surface area contributed by atoms with E-state index in [1.807, 2.05) is 31.2 Å². The Bertz CT molecular complexity index is 520. The fourth-order valence-corrected chi connectivity index (χ4v) is 2.70. The average Bonchev–Trinajstić information content (AvgIpc) is 2.54. The van der Waals surface area contributed by atoms with Crippen LogP contribution in [0, 0.1) is 5.92 Å². The Hall–Kier alpha value is -2.04. The molecule has 0 bridgehead atoms. The highest BCUT2D eigenvalue weighted by molar-refractivity contribution is 6.03. The van der Waals surface area contributed by atoms with Gasteiger partial charge in [0.1, 0.15) is 6.42 Å². The second-order valence-corrected chi connectivity index (χ2v) is 6.29. The van der Waals surface area contributed by atoms with Gasteiger partial charge in [0.05, 0.1) is 0 Å². The van der Waals surface area contributed by atoms with Crippen molar-refractivity contribution in [3.05, 3.63) is 24.3 Å². The van der Waals surface area contributed by atoms with Crippen molar-refractivity contribution in [2.45, 2.75) is 39.5 Å². The van der Waals surface area contributed by atoms with E-state index >= 15 is 0 Å². The topological polar surface area (TPSA) is 61.4 Å². The molecule has 1 fully saturated rings. The van der Waals surface area contributed by atoms with Crippen LogP contribution in [0.3, 0.4) is 0 Å². The lowest BCUT2D eigenvalue weighted by Gasteiger charge is -2.32. The molecule has 0 radical (unpaired) electrons. The van der Waals surface area contributed by atoms with Gasteiger partial charge in [-0.3, -0.25) is 9.59 Å². The smallest absolute Gasteiger partial charge is 0.233 e. The number of hydrogen-bond acceptors (Lipinski definition) is 3. The van der Waals surface area contributed by atoms with Crippen molar-refractivity contribution in [1.29, 1.82) is 0 Å². The molecule has 0 aliphatic carbocycles. The maximum absolute atomic E-state index is 11.8. The number of carbonyl (C=O) groups is 2. The van der Waals surface area contributed by atoms with E-state index in [9.17, 15) is 9.59 Å². The SMILES string of the molecule is CCCNC(=O)CC(=O)Nc1ccc(N2CCC(C)CC2)cc1. The van der Waals surface area contributed by atoms with Crippen molar-refractivity contribution < 1.29 is 9.59 Å². The molecule has 1 aliphatic rings. The molecule has 5 nitrogen and oxygen atoms in total. The molecule has 1 heterocycles. The molecular weight excluding hydrogens is 290 g/mol. The van der Waals surface area contributed by atoms with Crippen LogP contribution < -0.4 is 15.5 Å². The fourth-order valence-electron chi connectivity index (χ4n) is 2.70. The number of hydrogen-bond donors (Lipinski definition) is 2. The molecule has 1 aromatic carbocycles. The van der Waals surface area contributed by atoms with Gasteiger partial charge < -0.3 is 15.5 Å². The average molecular weight is 317 g/mol. The summed E-state index contributed by atoms with van der Waals surface area (Å²) in [4.78, 5) is 25.7. The molecule has 0 saturated carbocycles. The number of rotatable bonds is 6. The molecule has 1 aliphatic heterocycles. The largest absolute Gasteiger partial charge is 0.372 e. The minimum Gasteiger partial charge on any atom is -0.372 e. The quantitative estimate of drug-likeness (QED) is 0.793. The molecule has 2 rings (SSSR count). The van der Waals surface area contributed by atoms with E-state index in [1.54, 1.807) is 0 Å². The summed E-state index contributed by atoms with van der Waals surface area (Å²) in [5.41, 5.74) is 1.92. The van der Waals surface area contributed by atoms with Gasteiger partial charge >= 0.3 is 0 Å². The number of nitrogens with one attached hydrogen (secondary N) is 2. The Labute approximate surface area is 138 Å². The van der Waals surface area contributed by atoms with Crippen molar-refractivity contribution in [3.8, 4) is 0 Å². The minimum atomic E-state index is -0.279. The second kappa shape index (κ2) is 8.56. The van der Waals surface area contributed by atoms with Crippen molar-refractivity contribution in [1.82, 2.24) is 5.32 Å². The third kappa shape index (κ3) is 5.58. The van der Waals surface area contributed by atoms with Gasteiger partial charge in [0.15, 0.2) is 0 Å². The molecule has 1 saturated heterocycles. The minimum absolute atomic E-state index is 0.133. The van der Waals surface area contributed by atoms with Crippen LogP contribution in [0.5, 0.6) is 0 Å². The molecule has 2 N–H and O–H groups in total. The number of piperidine rings is 1. The van der Waals surface area contributed by atoms with Crippen LogP contribution in [0.25, 0.3) is 0 Å². The molecule has 5 heteroatoms. The molecule has 126 valence electrons. The van der Waals surface area contributed by atoms with E-state index in [0.717, 1.165) is 31.1 Å². The summed E-state index contributed by atoms with van der Waals surface area (Å²) in [6.45, 7) is 7.06. The number of amides is 2. The molecule has 1 aromatic rings. The maximum atomic E-state index is 11.8. The molecule has 0 atom stereocenters. The zero-order valence-electron chi connectivity index (χ0n) is 14.1. The van der Waals surface area contributed by atoms with Crippen LogP contribution >= 0.6 is 0 Å². The number of nitrogens with zero attached hydrogens (tertiary/aromatic N) is 1. The molecular formula is C18H27N3O2. The van der Waals surface area contributed by atoms with Gasteiger partial charge in [0, 0.05) is 31.0 Å². The summed E-state index contributed by atoms with van der Waals surface area (Å²) in [6.07, 6.45) is 3.19. The van der Waals surface area contributed by atoms with Gasteiger partial charge in [0.2, 0.25) is 11.8 Å². The zero-order valence-corrected chi connectivity index (χ0v) is 14.1. The van der Waals surface area contributed by atoms with E-state index in [2.05, 4.69) is 22.5 Å². The van der Waals surface area contributed by atoms with Crippen molar-refractivity contribution in [3.63, 3.8) is 0 Å². The third-order valence-electron chi connectivity index (χ3n) is 4.19. The molecule has 0 unspecified atom stereocenters. The predicted octanol–water partition coefficient (Wildman–Crippen LogP) is 2.78. The van der Waals surface area contributed by atoms with Crippen LogP contribution in [0.15, 0.2) is 24.3 Å². The van der Waals surface area contributed by atoms with E-state index in [1.165, 1.54) is 18.5 Å². The Balaban J connectivity index is 1.82. The molecule has 0 aromatic heterocycles. The van der Waals surface area contributed by atoms with Crippen LogP contribution in [0.4, 0.5) is 11.4 Å². The Kier molecular flexibility index (Phi) is 6.44. The van der Waals surface area contributed by atoms with Gasteiger partial charge in [0.25, 0.3) is 0 Å². The first-order chi connectivity index (χ1) is 11.1. The monoisotopic (exact) mass is 317 g/mol. The first-order valence-electron chi connectivity index (χ1n) is 8.50. The lowest BCUT2D eigenvalue weighted by molar-refractivity contribution is -0.126. The fraction of sp³-hybridized carbons (Fsp3) is 0.556. The molecule has 0 spiro atoms. The second-order valence-electron chi connectivity index (χ2n) is 6.29. The normalized spacial score (nSPS) is 15.3. The highest BCUT2D eigenvalue weighted by Crippen LogP contribution is 2.24. The summed E-state index contributed by atoms with van der Waals surface area (Å²) >= 11 is 0. The molecule has 23 heavy (non-hydrogen) atoms. The van der Waals surface area contributed by atoms with E-state index < -0.39 is 0 Å².